The zero-order valence-electron chi connectivity index (χ0n) is 12.5. The Balaban J connectivity index is 2.47. The van der Waals surface area contributed by atoms with E-state index in [0.717, 1.165) is 0 Å². The molecule has 0 saturated carbocycles. The Morgan fingerprint density at radius 3 is 2.21 bits per heavy atom. The van der Waals surface area contributed by atoms with Crippen molar-refractivity contribution in [2.45, 2.75) is 8.69 Å². The predicted octanol–water partition coefficient (Wildman–Crippen LogP) is 2.35. The van der Waals surface area contributed by atoms with Gasteiger partial charge in [-0.3, -0.25) is 0 Å². The standard InChI is InChI=1S/C15H13Cl3N2O3S/c1-23-13-10-6-5-9-12(13)19-14(15(16,17)18)20-24(21,22)11-7-3-2-4-8-11/h2-10H,1H3,(H,19,20)/p+1. The zero-order chi connectivity index (χ0) is 17.8. The van der Waals surface area contributed by atoms with E-state index in [1.807, 2.05) is 0 Å². The van der Waals surface area contributed by atoms with E-state index in [4.69, 9.17) is 39.5 Å². The number of ether oxygens (including phenoxy) is 1. The van der Waals surface area contributed by atoms with Gasteiger partial charge in [0.25, 0.3) is 3.79 Å². The average molecular weight is 409 g/mol. The number of alkyl halides is 3. The lowest BCUT2D eigenvalue weighted by Crippen LogP contribution is -2.80. The third-order valence-electron chi connectivity index (χ3n) is 2.94. The van der Waals surface area contributed by atoms with E-state index >= 15 is 0 Å². The minimum Gasteiger partial charge on any atom is -0.492 e. The maximum absolute atomic E-state index is 12.5. The third kappa shape index (κ3) is 4.77. The Kier molecular flexibility index (Phi) is 5.98. The number of nitrogens with one attached hydrogen (secondary N) is 2. The van der Waals surface area contributed by atoms with Crippen molar-refractivity contribution in [3.8, 4) is 5.75 Å². The minimum absolute atomic E-state index is 0.0403. The van der Waals surface area contributed by atoms with E-state index in [1.165, 1.54) is 19.2 Å². The summed E-state index contributed by atoms with van der Waals surface area (Å²) in [5.41, 5.74) is 0.442. The second-order valence-corrected chi connectivity index (χ2v) is 8.58. The second kappa shape index (κ2) is 7.61. The van der Waals surface area contributed by atoms with Crippen LogP contribution in [0.4, 0.5) is 5.69 Å². The molecular formula is C15H14Cl3N2O3S+. The fourth-order valence-corrected chi connectivity index (χ4v) is 3.39. The first-order valence-electron chi connectivity index (χ1n) is 6.66. The summed E-state index contributed by atoms with van der Waals surface area (Å²) >= 11 is 17.7. The molecule has 0 heterocycles. The highest BCUT2D eigenvalue weighted by Gasteiger charge is 2.37. The molecule has 24 heavy (non-hydrogen) atoms. The molecule has 2 aromatic carbocycles. The van der Waals surface area contributed by atoms with E-state index in [2.05, 4.69) is 9.71 Å². The highest BCUT2D eigenvalue weighted by Crippen LogP contribution is 2.29. The number of amidine groups is 1. The van der Waals surface area contributed by atoms with Crippen LogP contribution < -0.4 is 14.5 Å². The smallest absolute Gasteiger partial charge is 0.328 e. The summed E-state index contributed by atoms with van der Waals surface area (Å²) in [4.78, 5) is 0.0403. The average Bonchev–Trinajstić information content (AvgIpc) is 2.54. The minimum atomic E-state index is -3.93. The number of sulfonamides is 1. The van der Waals surface area contributed by atoms with Crippen molar-refractivity contribution in [2.75, 3.05) is 12.4 Å². The molecule has 128 valence electrons. The number of rotatable bonds is 4. The van der Waals surface area contributed by atoms with Crippen molar-refractivity contribution in [3.63, 3.8) is 0 Å². The van der Waals surface area contributed by atoms with Crippen LogP contribution in [0.15, 0.2) is 59.5 Å². The lowest BCUT2D eigenvalue weighted by Gasteiger charge is -2.12. The van der Waals surface area contributed by atoms with Crippen molar-refractivity contribution in [1.82, 2.24) is 0 Å². The molecule has 5 nitrogen and oxygen atoms in total. The maximum atomic E-state index is 12.5. The van der Waals surface area contributed by atoms with E-state index in [-0.39, 0.29) is 10.7 Å². The molecule has 2 rings (SSSR count). The molecule has 0 amide bonds. The summed E-state index contributed by atoms with van der Waals surface area (Å²) in [5, 5.41) is 2.77. The monoisotopic (exact) mass is 407 g/mol. The maximum Gasteiger partial charge on any atom is 0.328 e. The van der Waals surface area contributed by atoms with Crippen LogP contribution in [0.25, 0.3) is 0 Å². The highest BCUT2D eigenvalue weighted by molar-refractivity contribution is 7.84. The predicted molar refractivity (Wildman–Crippen MR) is 96.5 cm³/mol. The lowest BCUT2D eigenvalue weighted by molar-refractivity contribution is -0.268. The molecular weight excluding hydrogens is 395 g/mol. The van der Waals surface area contributed by atoms with Gasteiger partial charge < -0.3 is 4.74 Å². The second-order valence-electron chi connectivity index (χ2n) is 4.62. The first-order valence-corrected chi connectivity index (χ1v) is 9.28. The molecule has 2 N–H and O–H groups in total. The van der Waals surface area contributed by atoms with E-state index < -0.39 is 13.8 Å². The van der Waals surface area contributed by atoms with Crippen molar-refractivity contribution >= 4 is 56.3 Å². The van der Waals surface area contributed by atoms with Gasteiger partial charge in [-0.2, -0.15) is 12.8 Å². The number of benzene rings is 2. The fourth-order valence-electron chi connectivity index (χ4n) is 1.83. The molecule has 0 bridgehead atoms. The van der Waals surface area contributed by atoms with Crippen LogP contribution in [-0.4, -0.2) is 25.2 Å². The van der Waals surface area contributed by atoms with E-state index in [9.17, 15) is 8.42 Å². The van der Waals surface area contributed by atoms with Gasteiger partial charge in [-0.05, 0) is 24.3 Å². The molecule has 0 spiro atoms. The Morgan fingerprint density at radius 1 is 1.04 bits per heavy atom. The number of methoxy groups -OCH3 is 1. The quantitative estimate of drug-likeness (QED) is 0.463. The van der Waals surface area contributed by atoms with Crippen LogP contribution in [0.2, 0.25) is 0 Å². The van der Waals surface area contributed by atoms with Crippen LogP contribution in [-0.2, 0) is 10.0 Å². The molecule has 0 radical (unpaired) electrons. The molecule has 0 aliphatic heterocycles. The molecule has 0 unspecified atom stereocenters. The number of para-hydroxylation sites is 2. The fraction of sp³-hybridized carbons (Fsp3) is 0.133. The molecule has 9 heteroatoms. The van der Waals surface area contributed by atoms with Crippen molar-refractivity contribution in [3.05, 3.63) is 54.6 Å². The highest BCUT2D eigenvalue weighted by atomic mass is 35.6. The molecule has 0 saturated heterocycles. The summed E-state index contributed by atoms with van der Waals surface area (Å²) < 4.78 is 30.4. The van der Waals surface area contributed by atoms with Gasteiger partial charge in [0.15, 0.2) is 11.4 Å². The van der Waals surface area contributed by atoms with Crippen LogP contribution in [0, 0.1) is 0 Å². The number of hydrogen-bond donors (Lipinski definition) is 2. The zero-order valence-corrected chi connectivity index (χ0v) is 15.5. The Bertz CT molecular complexity index is 835. The summed E-state index contributed by atoms with van der Waals surface area (Å²) in [7, 11) is -2.45. The summed E-state index contributed by atoms with van der Waals surface area (Å²) in [6.07, 6.45) is 0. The van der Waals surface area contributed by atoms with Gasteiger partial charge in [-0.1, -0.05) is 65.1 Å². The molecule has 0 aliphatic rings. The third-order valence-corrected chi connectivity index (χ3v) is 4.87. The first-order chi connectivity index (χ1) is 11.2. The van der Waals surface area contributed by atoms with Gasteiger partial charge in [0, 0.05) is 0 Å². The van der Waals surface area contributed by atoms with Crippen LogP contribution in [0.1, 0.15) is 0 Å². The van der Waals surface area contributed by atoms with E-state index in [0.29, 0.717) is 11.4 Å². The molecule has 2 aromatic rings. The molecule has 0 aliphatic carbocycles. The van der Waals surface area contributed by atoms with Gasteiger partial charge in [0.05, 0.1) is 7.11 Å². The Labute approximate surface area is 155 Å². The van der Waals surface area contributed by atoms with Crippen LogP contribution in [0.3, 0.4) is 0 Å². The summed E-state index contributed by atoms with van der Waals surface area (Å²) in [6, 6.07) is 14.6. The van der Waals surface area contributed by atoms with Crippen molar-refractivity contribution in [2.24, 2.45) is 0 Å². The number of hydrogen-bond acceptors (Lipinski definition) is 3. The van der Waals surface area contributed by atoms with E-state index in [1.54, 1.807) is 42.5 Å². The molecule has 0 aromatic heterocycles. The topological polar surface area (TPSA) is 69.4 Å². The summed E-state index contributed by atoms with van der Waals surface area (Å²) in [6.45, 7) is 0. The largest absolute Gasteiger partial charge is 0.492 e. The van der Waals surface area contributed by atoms with Gasteiger partial charge in [-0.25, -0.2) is 5.32 Å². The van der Waals surface area contributed by atoms with Crippen LogP contribution in [0.5, 0.6) is 5.75 Å². The molecule has 0 atom stereocenters. The first kappa shape index (κ1) is 18.9. The van der Waals surface area contributed by atoms with Crippen molar-refractivity contribution < 1.29 is 17.6 Å². The van der Waals surface area contributed by atoms with Crippen LogP contribution >= 0.6 is 34.8 Å². The Hall–Kier alpha value is -1.47. The van der Waals surface area contributed by atoms with Crippen molar-refractivity contribution in [1.29, 1.82) is 0 Å². The number of anilines is 1. The van der Waals surface area contributed by atoms with Gasteiger partial charge in [0.1, 0.15) is 4.90 Å². The molecule has 0 fully saturated rings. The normalized spacial score (nSPS) is 12.8. The summed E-state index contributed by atoms with van der Waals surface area (Å²) in [5.74, 6) is 0.226. The van der Waals surface area contributed by atoms with Gasteiger partial charge in [-0.15, -0.1) is 0 Å². The van der Waals surface area contributed by atoms with Gasteiger partial charge in [0.2, 0.25) is 0 Å². The Morgan fingerprint density at radius 2 is 1.62 bits per heavy atom. The lowest BCUT2D eigenvalue weighted by atomic mass is 10.3. The SMILES string of the molecule is COc1ccccc1NC(=[NH+]S(=O)(=O)c1ccccc1)C(Cl)(Cl)Cl. The van der Waals surface area contributed by atoms with Gasteiger partial charge >= 0.3 is 15.9 Å². The number of halogens is 3.